The number of halogens is 1. The Morgan fingerprint density at radius 3 is 2.78 bits per heavy atom. The number of ketones is 1. The number of nitrogens with two attached hydrogens (primary N) is 1. The fourth-order valence-electron chi connectivity index (χ4n) is 5.25. The van der Waals surface area contributed by atoms with Gasteiger partial charge in [-0.05, 0) is 36.6 Å². The molecular weight excluding hydrogens is 511 g/mol. The molecule has 2 aromatic carbocycles. The van der Waals surface area contributed by atoms with Crippen LogP contribution in [0.15, 0.2) is 75.5 Å². The molecule has 3 aromatic rings. The van der Waals surface area contributed by atoms with Crippen LogP contribution in [0.2, 0.25) is 0 Å². The number of allylic oxidation sites excluding steroid dienone is 1. The molecule has 3 aliphatic rings. The maximum absolute atomic E-state index is 14.4. The summed E-state index contributed by atoms with van der Waals surface area (Å²) in [5, 5.41) is 22.0. The first kappa shape index (κ1) is 23.4. The topological polar surface area (TPSA) is 125 Å². The van der Waals surface area contributed by atoms with Gasteiger partial charge in [-0.25, -0.2) is 4.39 Å². The molecule has 1 amide bonds. The molecule has 0 saturated carbocycles. The van der Waals surface area contributed by atoms with Gasteiger partial charge < -0.3 is 11.1 Å². The number of nitriles is 1. The minimum absolute atomic E-state index is 0.0148. The molecule has 1 spiro atoms. The molecule has 0 radical (unpaired) electrons. The number of nitrogens with zero attached hydrogens (tertiary/aromatic N) is 4. The third-order valence-corrected chi connectivity index (χ3v) is 8.89. The van der Waals surface area contributed by atoms with Gasteiger partial charge in [-0.2, -0.15) is 5.26 Å². The van der Waals surface area contributed by atoms with Gasteiger partial charge in [-0.15, -0.1) is 10.2 Å². The summed E-state index contributed by atoms with van der Waals surface area (Å²) in [7, 11) is 0. The molecule has 1 unspecified atom stereocenters. The number of Topliss-reactive ketones (excluding diaryl/α,β-unsaturated/α-hetero) is 1. The van der Waals surface area contributed by atoms with Crippen LogP contribution in [0, 0.1) is 17.1 Å². The zero-order valence-electron chi connectivity index (χ0n) is 19.3. The fraction of sp³-hybridized carbons (Fsp3) is 0.192. The number of fused-ring (bicyclic) bond motifs is 3. The van der Waals surface area contributed by atoms with Crippen LogP contribution in [-0.4, -0.2) is 21.9 Å². The molecular formula is C26H19FN6O2S2. The summed E-state index contributed by atoms with van der Waals surface area (Å²) in [6, 6.07) is 15.9. The zero-order chi connectivity index (χ0) is 25.7. The second-order valence-corrected chi connectivity index (χ2v) is 11.0. The van der Waals surface area contributed by atoms with Crippen LogP contribution in [0.4, 0.5) is 15.2 Å². The number of benzene rings is 2. The van der Waals surface area contributed by atoms with E-state index in [1.807, 2.05) is 30.3 Å². The number of nitrogens with one attached hydrogen (secondary N) is 1. The molecule has 11 heteroatoms. The average molecular weight is 531 g/mol. The van der Waals surface area contributed by atoms with Crippen molar-refractivity contribution in [3.05, 3.63) is 88.1 Å². The number of anilines is 2. The molecule has 1 aliphatic carbocycles. The van der Waals surface area contributed by atoms with E-state index in [1.165, 1.54) is 41.3 Å². The summed E-state index contributed by atoms with van der Waals surface area (Å²) in [6.07, 6.45) is 1.19. The highest BCUT2D eigenvalue weighted by Crippen LogP contribution is 2.55. The number of amides is 1. The van der Waals surface area contributed by atoms with Crippen LogP contribution in [-0.2, 0) is 20.8 Å². The normalized spacial score (nSPS) is 20.7. The number of aromatic nitrogens is 2. The second-order valence-electron chi connectivity index (χ2n) is 8.82. The van der Waals surface area contributed by atoms with Crippen molar-refractivity contribution in [1.82, 2.24) is 10.2 Å². The minimum Gasteiger partial charge on any atom is -0.384 e. The van der Waals surface area contributed by atoms with Crippen LogP contribution in [0.5, 0.6) is 0 Å². The van der Waals surface area contributed by atoms with E-state index in [4.69, 9.17) is 5.73 Å². The highest BCUT2D eigenvalue weighted by Gasteiger charge is 2.60. The first-order chi connectivity index (χ1) is 17.9. The molecule has 1 aromatic heterocycles. The molecule has 1 atom stereocenters. The van der Waals surface area contributed by atoms with Crippen molar-refractivity contribution in [3.63, 3.8) is 0 Å². The van der Waals surface area contributed by atoms with E-state index in [2.05, 4.69) is 21.6 Å². The molecule has 3 N–H and O–H groups in total. The van der Waals surface area contributed by atoms with Crippen molar-refractivity contribution in [2.75, 3.05) is 10.2 Å². The number of rotatable bonds is 4. The van der Waals surface area contributed by atoms with Gasteiger partial charge in [0.2, 0.25) is 11.0 Å². The van der Waals surface area contributed by atoms with Crippen molar-refractivity contribution in [2.45, 2.75) is 34.8 Å². The van der Waals surface area contributed by atoms with Crippen molar-refractivity contribution in [3.8, 4) is 6.07 Å². The Hall–Kier alpha value is -4.01. The standard InChI is InChI=1S/C26H19FN6O2S2/c27-15-9-10-18-16(11-15)26(23(35)30-18)17(12-28)22(29)33(19-7-4-8-20(34)21(19)26)24-31-32-25(37-24)36-13-14-5-2-1-3-6-14/h1-3,5-6,9-11H,4,7-8,13,29H2,(H,30,35). The lowest BCUT2D eigenvalue weighted by Gasteiger charge is -2.42. The van der Waals surface area contributed by atoms with E-state index < -0.39 is 17.1 Å². The highest BCUT2D eigenvalue weighted by molar-refractivity contribution is 8.00. The summed E-state index contributed by atoms with van der Waals surface area (Å²) in [6.45, 7) is 0. The monoisotopic (exact) mass is 530 g/mol. The SMILES string of the molecule is N#CC1=C(N)N(c2nnc(SCc3ccccc3)s2)C2=C(C(=O)CCC2)C12C(=O)Nc1ccc(F)cc12. The molecule has 0 fully saturated rings. The van der Waals surface area contributed by atoms with Gasteiger partial charge in [-0.3, -0.25) is 14.5 Å². The lowest BCUT2D eigenvalue weighted by Crippen LogP contribution is -2.50. The summed E-state index contributed by atoms with van der Waals surface area (Å²) in [4.78, 5) is 28.6. The lowest BCUT2D eigenvalue weighted by molar-refractivity contribution is -0.122. The molecule has 3 heterocycles. The Bertz CT molecular complexity index is 1580. The third kappa shape index (κ3) is 3.48. The van der Waals surface area contributed by atoms with Gasteiger partial charge in [0.15, 0.2) is 10.1 Å². The number of carbonyl (C=O) groups excluding carboxylic acids is 2. The molecule has 0 bridgehead atoms. The quantitative estimate of drug-likeness (QED) is 0.476. The van der Waals surface area contributed by atoms with Crippen LogP contribution < -0.4 is 16.0 Å². The number of carbonyl (C=O) groups is 2. The Morgan fingerprint density at radius 2 is 2.00 bits per heavy atom. The van der Waals surface area contributed by atoms with E-state index in [1.54, 1.807) is 4.90 Å². The molecule has 8 nitrogen and oxygen atoms in total. The largest absolute Gasteiger partial charge is 0.384 e. The summed E-state index contributed by atoms with van der Waals surface area (Å²) >= 11 is 2.80. The van der Waals surface area contributed by atoms with Gasteiger partial charge in [0.1, 0.15) is 23.1 Å². The van der Waals surface area contributed by atoms with Crippen molar-refractivity contribution < 1.29 is 14.0 Å². The second kappa shape index (κ2) is 8.83. The predicted octanol–water partition coefficient (Wildman–Crippen LogP) is 4.38. The van der Waals surface area contributed by atoms with Gasteiger partial charge in [0.05, 0.1) is 5.57 Å². The van der Waals surface area contributed by atoms with Gasteiger partial charge >= 0.3 is 0 Å². The van der Waals surface area contributed by atoms with Crippen LogP contribution in [0.25, 0.3) is 0 Å². The molecule has 37 heavy (non-hydrogen) atoms. The van der Waals surface area contributed by atoms with E-state index in [0.29, 0.717) is 39.5 Å². The van der Waals surface area contributed by atoms with E-state index in [9.17, 15) is 19.2 Å². The summed E-state index contributed by atoms with van der Waals surface area (Å²) in [5.41, 5.74) is 7.01. The summed E-state index contributed by atoms with van der Waals surface area (Å²) in [5.74, 6) is -0.766. The van der Waals surface area contributed by atoms with Crippen LogP contribution >= 0.6 is 23.1 Å². The van der Waals surface area contributed by atoms with Gasteiger partial charge in [-0.1, -0.05) is 53.4 Å². The van der Waals surface area contributed by atoms with Gasteiger partial charge in [0, 0.05) is 34.7 Å². The number of hydrogen-bond acceptors (Lipinski definition) is 9. The molecule has 2 aliphatic heterocycles. The zero-order valence-corrected chi connectivity index (χ0v) is 21.0. The first-order valence-electron chi connectivity index (χ1n) is 11.5. The van der Waals surface area contributed by atoms with Crippen molar-refractivity contribution in [2.24, 2.45) is 5.73 Å². The lowest BCUT2D eigenvalue weighted by atomic mass is 9.64. The van der Waals surface area contributed by atoms with E-state index in [-0.39, 0.29) is 34.7 Å². The Kier molecular flexibility index (Phi) is 5.58. The van der Waals surface area contributed by atoms with E-state index in [0.717, 1.165) is 5.56 Å². The molecule has 0 saturated heterocycles. The first-order valence-corrected chi connectivity index (χ1v) is 13.3. The Labute approximate surface area is 219 Å². The Morgan fingerprint density at radius 1 is 1.19 bits per heavy atom. The number of hydrogen-bond donors (Lipinski definition) is 2. The molecule has 6 rings (SSSR count). The van der Waals surface area contributed by atoms with E-state index >= 15 is 0 Å². The van der Waals surface area contributed by atoms with Crippen LogP contribution in [0.3, 0.4) is 0 Å². The van der Waals surface area contributed by atoms with Crippen molar-refractivity contribution >= 4 is 45.6 Å². The maximum atomic E-state index is 14.4. The minimum atomic E-state index is -1.81. The third-order valence-electron chi connectivity index (χ3n) is 6.78. The number of thioether (sulfide) groups is 1. The summed E-state index contributed by atoms with van der Waals surface area (Å²) < 4.78 is 15.1. The molecule has 184 valence electrons. The maximum Gasteiger partial charge on any atom is 0.245 e. The predicted molar refractivity (Wildman–Crippen MR) is 138 cm³/mol. The van der Waals surface area contributed by atoms with Gasteiger partial charge in [0.25, 0.3) is 0 Å². The average Bonchev–Trinajstić information content (AvgIpc) is 3.47. The van der Waals surface area contributed by atoms with Crippen LogP contribution in [0.1, 0.15) is 30.4 Å². The Balaban J connectivity index is 1.49. The highest BCUT2D eigenvalue weighted by atomic mass is 32.2. The fourth-order valence-corrected chi connectivity index (χ4v) is 7.09. The smallest absolute Gasteiger partial charge is 0.245 e. The van der Waals surface area contributed by atoms with Crippen molar-refractivity contribution in [1.29, 1.82) is 5.26 Å².